The molecule has 1 unspecified atom stereocenters. The lowest BCUT2D eigenvalue weighted by Gasteiger charge is -2.26. The lowest BCUT2D eigenvalue weighted by molar-refractivity contribution is 0.0716. The average Bonchev–Trinajstić information content (AvgIpc) is 2.93. The number of hydrogen-bond donors (Lipinski definition) is 0. The minimum atomic E-state index is -0.663. The molecule has 0 radical (unpaired) electrons. The zero-order valence-electron chi connectivity index (χ0n) is 15.1. The molecule has 1 aliphatic heterocycles. The Bertz CT molecular complexity index is 1090. The van der Waals surface area contributed by atoms with E-state index in [4.69, 9.17) is 4.42 Å². The van der Waals surface area contributed by atoms with Crippen molar-refractivity contribution in [3.05, 3.63) is 81.5 Å². The van der Waals surface area contributed by atoms with E-state index in [1.807, 2.05) is 19.0 Å². The maximum atomic E-state index is 13.9. The lowest BCUT2D eigenvalue weighted by Crippen LogP contribution is -2.35. The normalized spacial score (nSPS) is 16.4. The van der Waals surface area contributed by atoms with Gasteiger partial charge in [-0.05, 0) is 43.9 Å². The van der Waals surface area contributed by atoms with Crippen LogP contribution in [0.2, 0.25) is 0 Å². The van der Waals surface area contributed by atoms with Gasteiger partial charge in [0.15, 0.2) is 5.43 Å². The summed E-state index contributed by atoms with van der Waals surface area (Å²) in [6.45, 7) is 1.01. The summed E-state index contributed by atoms with van der Waals surface area (Å²) in [5.74, 6) is -0.707. The summed E-state index contributed by atoms with van der Waals surface area (Å²) in [6, 6.07) is 12.2. The van der Waals surface area contributed by atoms with E-state index >= 15 is 0 Å². The average molecular weight is 366 g/mol. The molecule has 0 aliphatic carbocycles. The number of fused-ring (bicyclic) bond motifs is 2. The zero-order valence-corrected chi connectivity index (χ0v) is 15.1. The summed E-state index contributed by atoms with van der Waals surface area (Å²) in [4.78, 5) is 29.8. The highest BCUT2D eigenvalue weighted by atomic mass is 19.1. The number of likely N-dealkylation sites (N-methyl/N-ethyl adjacent to an activating group) is 1. The summed E-state index contributed by atoms with van der Waals surface area (Å²) in [7, 11) is 3.81. The van der Waals surface area contributed by atoms with Crippen LogP contribution in [0, 0.1) is 5.82 Å². The van der Waals surface area contributed by atoms with Crippen molar-refractivity contribution in [3.63, 3.8) is 0 Å². The molecule has 1 aromatic heterocycles. The molecular weight excluding hydrogens is 347 g/mol. The fourth-order valence-corrected chi connectivity index (χ4v) is 3.53. The molecule has 0 fully saturated rings. The van der Waals surface area contributed by atoms with Gasteiger partial charge in [0.1, 0.15) is 11.4 Å². The second-order valence-electron chi connectivity index (χ2n) is 6.93. The van der Waals surface area contributed by atoms with Crippen LogP contribution in [0.25, 0.3) is 11.0 Å². The van der Waals surface area contributed by atoms with Crippen LogP contribution in [-0.4, -0.2) is 42.9 Å². The largest absolute Gasteiger partial charge is 0.450 e. The Hall–Kier alpha value is -2.99. The van der Waals surface area contributed by atoms with Crippen molar-refractivity contribution in [1.29, 1.82) is 0 Å². The molecule has 3 aromatic rings. The predicted octanol–water partition coefficient (Wildman–Crippen LogP) is 3.04. The highest BCUT2D eigenvalue weighted by Crippen LogP contribution is 2.38. The number of para-hydroxylation sites is 1. The number of carbonyl (C=O) groups excluding carboxylic acids is 1. The van der Waals surface area contributed by atoms with Gasteiger partial charge in [-0.25, -0.2) is 4.39 Å². The molecule has 0 saturated heterocycles. The predicted molar refractivity (Wildman–Crippen MR) is 100 cm³/mol. The van der Waals surface area contributed by atoms with Crippen LogP contribution in [0.15, 0.2) is 57.7 Å². The van der Waals surface area contributed by atoms with Crippen LogP contribution in [0.3, 0.4) is 0 Å². The summed E-state index contributed by atoms with van der Waals surface area (Å²) < 4.78 is 19.7. The molecule has 2 heterocycles. The van der Waals surface area contributed by atoms with Crippen LogP contribution in [-0.2, 0) is 0 Å². The van der Waals surface area contributed by atoms with Crippen molar-refractivity contribution in [3.8, 4) is 0 Å². The fourth-order valence-electron chi connectivity index (χ4n) is 3.53. The van der Waals surface area contributed by atoms with Gasteiger partial charge in [-0.1, -0.05) is 24.3 Å². The van der Waals surface area contributed by atoms with Gasteiger partial charge in [0.2, 0.25) is 5.76 Å². The van der Waals surface area contributed by atoms with Crippen LogP contribution in [0.1, 0.15) is 27.7 Å². The second-order valence-corrected chi connectivity index (χ2v) is 6.93. The summed E-state index contributed by atoms with van der Waals surface area (Å²) >= 11 is 0. The van der Waals surface area contributed by atoms with E-state index in [1.165, 1.54) is 12.1 Å². The van der Waals surface area contributed by atoms with Gasteiger partial charge >= 0.3 is 0 Å². The number of benzene rings is 2. The standard InChI is InChI=1S/C21H19FN2O3/c1-23(2)10-11-24-18(13-6-5-7-14(22)12-13)17-19(25)15-8-3-4-9-16(15)27-20(17)21(24)26/h3-9,12,18H,10-11H2,1-2H3. The monoisotopic (exact) mass is 366 g/mol. The molecule has 5 nitrogen and oxygen atoms in total. The van der Waals surface area contributed by atoms with Crippen LogP contribution < -0.4 is 5.43 Å². The summed E-state index contributed by atoms with van der Waals surface area (Å²) in [5, 5.41) is 0.417. The van der Waals surface area contributed by atoms with E-state index in [0.29, 0.717) is 29.6 Å². The van der Waals surface area contributed by atoms with Gasteiger partial charge in [-0.2, -0.15) is 0 Å². The number of carbonyl (C=O) groups is 1. The van der Waals surface area contributed by atoms with Crippen molar-refractivity contribution >= 4 is 16.9 Å². The lowest BCUT2D eigenvalue weighted by atomic mass is 9.98. The second kappa shape index (κ2) is 6.63. The quantitative estimate of drug-likeness (QED) is 0.712. The number of hydrogen-bond acceptors (Lipinski definition) is 4. The molecule has 6 heteroatoms. The number of halogens is 1. The molecule has 27 heavy (non-hydrogen) atoms. The van der Waals surface area contributed by atoms with Crippen molar-refractivity contribution in [2.24, 2.45) is 0 Å². The van der Waals surface area contributed by atoms with Crippen LogP contribution >= 0.6 is 0 Å². The van der Waals surface area contributed by atoms with Crippen molar-refractivity contribution in [2.75, 3.05) is 27.2 Å². The third kappa shape index (κ3) is 2.92. The Morgan fingerprint density at radius 2 is 1.89 bits per heavy atom. The summed E-state index contributed by atoms with van der Waals surface area (Å²) in [6.07, 6.45) is 0. The van der Waals surface area contributed by atoms with Gasteiger partial charge in [-0.3, -0.25) is 9.59 Å². The van der Waals surface area contributed by atoms with E-state index in [2.05, 4.69) is 0 Å². The number of amides is 1. The van der Waals surface area contributed by atoms with Gasteiger partial charge in [0.05, 0.1) is 17.0 Å². The zero-order chi connectivity index (χ0) is 19.1. The molecule has 4 rings (SSSR count). The maximum Gasteiger partial charge on any atom is 0.290 e. The van der Waals surface area contributed by atoms with Crippen LogP contribution in [0.4, 0.5) is 4.39 Å². The van der Waals surface area contributed by atoms with Crippen molar-refractivity contribution in [1.82, 2.24) is 9.80 Å². The Morgan fingerprint density at radius 3 is 2.63 bits per heavy atom. The number of rotatable bonds is 4. The minimum absolute atomic E-state index is 0.0479. The molecule has 1 aliphatic rings. The SMILES string of the molecule is CN(C)CCN1C(=O)c2oc3ccccc3c(=O)c2C1c1cccc(F)c1. The third-order valence-electron chi connectivity index (χ3n) is 4.83. The first kappa shape index (κ1) is 17.4. The molecule has 2 aromatic carbocycles. The summed E-state index contributed by atoms with van der Waals surface area (Å²) in [5.41, 5.74) is 0.968. The maximum absolute atomic E-state index is 13.9. The smallest absolute Gasteiger partial charge is 0.290 e. The Labute approximate surface area is 155 Å². The van der Waals surface area contributed by atoms with Gasteiger partial charge in [0, 0.05) is 13.1 Å². The van der Waals surface area contributed by atoms with Crippen LogP contribution in [0.5, 0.6) is 0 Å². The molecule has 0 bridgehead atoms. The molecule has 1 atom stereocenters. The van der Waals surface area contributed by atoms with E-state index in [1.54, 1.807) is 41.3 Å². The van der Waals surface area contributed by atoms with Gasteiger partial charge < -0.3 is 14.2 Å². The first-order chi connectivity index (χ1) is 13.0. The molecule has 0 N–H and O–H groups in total. The first-order valence-electron chi connectivity index (χ1n) is 8.74. The number of nitrogens with zero attached hydrogens (tertiary/aromatic N) is 2. The van der Waals surface area contributed by atoms with E-state index in [-0.39, 0.29) is 22.7 Å². The fraction of sp³-hybridized carbons (Fsp3) is 0.238. The van der Waals surface area contributed by atoms with Gasteiger partial charge in [-0.15, -0.1) is 0 Å². The van der Waals surface area contributed by atoms with E-state index < -0.39 is 11.9 Å². The Morgan fingerprint density at radius 1 is 1.11 bits per heavy atom. The molecule has 0 saturated carbocycles. The first-order valence-corrected chi connectivity index (χ1v) is 8.74. The van der Waals surface area contributed by atoms with Crippen molar-refractivity contribution in [2.45, 2.75) is 6.04 Å². The van der Waals surface area contributed by atoms with Crippen molar-refractivity contribution < 1.29 is 13.6 Å². The highest BCUT2D eigenvalue weighted by Gasteiger charge is 2.42. The van der Waals surface area contributed by atoms with E-state index in [9.17, 15) is 14.0 Å². The third-order valence-corrected chi connectivity index (χ3v) is 4.83. The van der Waals surface area contributed by atoms with E-state index in [0.717, 1.165) is 0 Å². The topological polar surface area (TPSA) is 53.8 Å². The minimum Gasteiger partial charge on any atom is -0.450 e. The Kier molecular flexibility index (Phi) is 4.28. The van der Waals surface area contributed by atoms with Gasteiger partial charge in [0.25, 0.3) is 5.91 Å². The highest BCUT2D eigenvalue weighted by molar-refractivity contribution is 5.99. The molecule has 138 valence electrons. The molecular formula is C21H19FN2O3. The molecule has 1 amide bonds. The Balaban J connectivity index is 1.94. The molecule has 0 spiro atoms.